The smallest absolute Gasteiger partial charge is 0.237 e. The van der Waals surface area contributed by atoms with Gasteiger partial charge in [-0.05, 0) is 41.8 Å². The molecular weight excluding hydrogens is 236 g/mol. The molecule has 0 saturated carbocycles. The van der Waals surface area contributed by atoms with E-state index in [2.05, 4.69) is 41.0 Å². The molecule has 2 N–H and O–H groups in total. The van der Waals surface area contributed by atoms with E-state index in [0.717, 1.165) is 24.9 Å². The molecule has 1 atom stereocenters. The highest BCUT2D eigenvalue weighted by Gasteiger charge is 2.21. The number of benzene rings is 2. The Labute approximate surface area is 113 Å². The van der Waals surface area contributed by atoms with E-state index in [1.165, 1.54) is 10.8 Å². The summed E-state index contributed by atoms with van der Waals surface area (Å²) in [5.41, 5.74) is 1.14. The highest BCUT2D eigenvalue weighted by atomic mass is 16.2. The van der Waals surface area contributed by atoms with Crippen LogP contribution in [-0.4, -0.2) is 18.5 Å². The summed E-state index contributed by atoms with van der Waals surface area (Å²) in [4.78, 5) is 11.9. The molecule has 1 unspecified atom stereocenters. The van der Waals surface area contributed by atoms with Gasteiger partial charge in [0.05, 0.1) is 6.04 Å². The van der Waals surface area contributed by atoms with Crippen LogP contribution in [0.3, 0.4) is 0 Å². The standard InChI is InChI=1S/C16H18N2O/c19-16(15-6-3-9-17-15)18-11-12-7-8-13-4-1-2-5-14(13)10-12/h1-2,4-5,7-8,10,15,17H,3,6,9,11H2,(H,18,19). The van der Waals surface area contributed by atoms with Crippen LogP contribution < -0.4 is 10.6 Å². The zero-order chi connectivity index (χ0) is 13.1. The molecule has 1 saturated heterocycles. The summed E-state index contributed by atoms with van der Waals surface area (Å²) < 4.78 is 0. The van der Waals surface area contributed by atoms with Gasteiger partial charge in [-0.15, -0.1) is 0 Å². The fourth-order valence-electron chi connectivity index (χ4n) is 2.57. The molecule has 1 fully saturated rings. The lowest BCUT2D eigenvalue weighted by atomic mass is 10.1. The first kappa shape index (κ1) is 12.2. The third-order valence-corrected chi connectivity index (χ3v) is 3.66. The first-order valence-corrected chi connectivity index (χ1v) is 6.82. The predicted octanol–water partition coefficient (Wildman–Crippen LogP) is 2.21. The lowest BCUT2D eigenvalue weighted by Gasteiger charge is -2.11. The van der Waals surface area contributed by atoms with Gasteiger partial charge >= 0.3 is 0 Å². The number of carbonyl (C=O) groups excluding carboxylic acids is 1. The second-order valence-corrected chi connectivity index (χ2v) is 5.05. The fraction of sp³-hybridized carbons (Fsp3) is 0.312. The van der Waals surface area contributed by atoms with Crippen molar-refractivity contribution >= 4 is 16.7 Å². The van der Waals surface area contributed by atoms with E-state index in [1.54, 1.807) is 0 Å². The maximum atomic E-state index is 11.9. The minimum absolute atomic E-state index is 0.000423. The Kier molecular flexibility index (Phi) is 3.47. The highest BCUT2D eigenvalue weighted by molar-refractivity contribution is 5.84. The summed E-state index contributed by atoms with van der Waals surface area (Å²) in [6.45, 7) is 1.55. The molecule has 0 aliphatic carbocycles. The molecule has 0 radical (unpaired) electrons. The van der Waals surface area contributed by atoms with Gasteiger partial charge in [0, 0.05) is 6.54 Å². The first-order valence-electron chi connectivity index (χ1n) is 6.82. The molecule has 1 heterocycles. The molecule has 3 rings (SSSR count). The van der Waals surface area contributed by atoms with Crippen LogP contribution in [0.5, 0.6) is 0 Å². The highest BCUT2D eigenvalue weighted by Crippen LogP contribution is 2.15. The van der Waals surface area contributed by atoms with Gasteiger partial charge in [0.15, 0.2) is 0 Å². The Morgan fingerprint density at radius 2 is 2.05 bits per heavy atom. The lowest BCUT2D eigenvalue weighted by molar-refractivity contribution is -0.122. The topological polar surface area (TPSA) is 41.1 Å². The first-order chi connectivity index (χ1) is 9.33. The van der Waals surface area contributed by atoms with Crippen LogP contribution in [-0.2, 0) is 11.3 Å². The zero-order valence-electron chi connectivity index (χ0n) is 10.9. The summed E-state index contributed by atoms with van der Waals surface area (Å²) in [5.74, 6) is 0.116. The number of nitrogens with one attached hydrogen (secondary N) is 2. The van der Waals surface area contributed by atoms with Crippen LogP contribution in [0.15, 0.2) is 42.5 Å². The molecule has 2 aromatic rings. The second kappa shape index (κ2) is 5.41. The Morgan fingerprint density at radius 3 is 2.84 bits per heavy atom. The van der Waals surface area contributed by atoms with Gasteiger partial charge in [-0.1, -0.05) is 36.4 Å². The molecule has 3 heteroatoms. The molecule has 2 aromatic carbocycles. The van der Waals surface area contributed by atoms with Crippen LogP contribution >= 0.6 is 0 Å². The van der Waals surface area contributed by atoms with Gasteiger partial charge in [-0.25, -0.2) is 0 Å². The second-order valence-electron chi connectivity index (χ2n) is 5.05. The molecule has 0 spiro atoms. The van der Waals surface area contributed by atoms with Crippen LogP contribution in [0.2, 0.25) is 0 Å². The summed E-state index contributed by atoms with van der Waals surface area (Å²) in [6, 6.07) is 14.6. The Bertz CT molecular complexity index is 588. The van der Waals surface area contributed by atoms with E-state index in [4.69, 9.17) is 0 Å². The van der Waals surface area contributed by atoms with E-state index < -0.39 is 0 Å². The van der Waals surface area contributed by atoms with Gasteiger partial charge in [0.25, 0.3) is 0 Å². The molecule has 19 heavy (non-hydrogen) atoms. The quantitative estimate of drug-likeness (QED) is 0.881. The number of fused-ring (bicyclic) bond motifs is 1. The Hall–Kier alpha value is -1.87. The molecule has 0 aromatic heterocycles. The van der Waals surface area contributed by atoms with Crippen molar-refractivity contribution in [2.75, 3.05) is 6.54 Å². The monoisotopic (exact) mass is 254 g/mol. The van der Waals surface area contributed by atoms with E-state index in [0.29, 0.717) is 6.54 Å². The number of amides is 1. The maximum Gasteiger partial charge on any atom is 0.237 e. The van der Waals surface area contributed by atoms with Gasteiger partial charge in [0.1, 0.15) is 0 Å². The van der Waals surface area contributed by atoms with Gasteiger partial charge in [-0.2, -0.15) is 0 Å². The average Bonchev–Trinajstić information content (AvgIpc) is 2.99. The normalized spacial score (nSPS) is 18.6. The lowest BCUT2D eigenvalue weighted by Crippen LogP contribution is -2.39. The molecule has 1 amide bonds. The molecule has 1 aliphatic rings. The van der Waals surface area contributed by atoms with Crippen LogP contribution in [0.25, 0.3) is 10.8 Å². The van der Waals surface area contributed by atoms with Crippen molar-refractivity contribution in [2.45, 2.75) is 25.4 Å². The van der Waals surface area contributed by atoms with Crippen molar-refractivity contribution < 1.29 is 4.79 Å². The molecule has 0 bridgehead atoms. The van der Waals surface area contributed by atoms with E-state index >= 15 is 0 Å². The number of hydrogen-bond donors (Lipinski definition) is 2. The van der Waals surface area contributed by atoms with Crippen LogP contribution in [0.1, 0.15) is 18.4 Å². The predicted molar refractivity (Wildman–Crippen MR) is 76.8 cm³/mol. The number of rotatable bonds is 3. The van der Waals surface area contributed by atoms with Crippen molar-refractivity contribution in [3.8, 4) is 0 Å². The molecule has 3 nitrogen and oxygen atoms in total. The van der Waals surface area contributed by atoms with Crippen LogP contribution in [0.4, 0.5) is 0 Å². The maximum absolute atomic E-state index is 11.9. The molecule has 1 aliphatic heterocycles. The van der Waals surface area contributed by atoms with Crippen molar-refractivity contribution in [1.29, 1.82) is 0 Å². The summed E-state index contributed by atoms with van der Waals surface area (Å²) in [5, 5.41) is 8.66. The van der Waals surface area contributed by atoms with Gasteiger partial charge in [0.2, 0.25) is 5.91 Å². The summed E-state index contributed by atoms with van der Waals surface area (Å²) >= 11 is 0. The number of carbonyl (C=O) groups is 1. The van der Waals surface area contributed by atoms with Crippen molar-refractivity contribution in [3.63, 3.8) is 0 Å². The average molecular weight is 254 g/mol. The molecule has 98 valence electrons. The Morgan fingerprint density at radius 1 is 1.21 bits per heavy atom. The number of hydrogen-bond acceptors (Lipinski definition) is 2. The molecular formula is C16H18N2O. The van der Waals surface area contributed by atoms with Crippen molar-refractivity contribution in [1.82, 2.24) is 10.6 Å². The van der Waals surface area contributed by atoms with Gasteiger partial charge in [-0.3, -0.25) is 4.79 Å². The van der Waals surface area contributed by atoms with Crippen LogP contribution in [0, 0.1) is 0 Å². The van der Waals surface area contributed by atoms with Crippen molar-refractivity contribution in [2.24, 2.45) is 0 Å². The zero-order valence-corrected chi connectivity index (χ0v) is 10.9. The Balaban J connectivity index is 1.66. The van der Waals surface area contributed by atoms with E-state index in [-0.39, 0.29) is 11.9 Å². The van der Waals surface area contributed by atoms with Gasteiger partial charge < -0.3 is 10.6 Å². The SMILES string of the molecule is O=C(NCc1ccc2ccccc2c1)C1CCCN1. The van der Waals surface area contributed by atoms with E-state index in [1.807, 2.05) is 12.1 Å². The van der Waals surface area contributed by atoms with E-state index in [9.17, 15) is 4.79 Å². The minimum atomic E-state index is 0.000423. The largest absolute Gasteiger partial charge is 0.351 e. The third-order valence-electron chi connectivity index (χ3n) is 3.66. The summed E-state index contributed by atoms with van der Waals surface area (Å²) in [6.07, 6.45) is 2.04. The minimum Gasteiger partial charge on any atom is -0.351 e. The third kappa shape index (κ3) is 2.76. The van der Waals surface area contributed by atoms with Crippen molar-refractivity contribution in [3.05, 3.63) is 48.0 Å². The fourth-order valence-corrected chi connectivity index (χ4v) is 2.57. The summed E-state index contributed by atoms with van der Waals surface area (Å²) in [7, 11) is 0.